The number of hydrogen-bond donors (Lipinski definition) is 4. The number of fused-ring (bicyclic) bond motifs is 1. The number of phenolic OH excluding ortho intramolecular Hbond substituents is 2. The molecule has 0 fully saturated rings. The van der Waals surface area contributed by atoms with Crippen molar-refractivity contribution in [1.29, 1.82) is 0 Å². The van der Waals surface area contributed by atoms with Crippen molar-refractivity contribution in [3.63, 3.8) is 0 Å². The number of aryl methyl sites for hydroxylation is 2. The van der Waals surface area contributed by atoms with Crippen LogP contribution in [0.3, 0.4) is 0 Å². The fourth-order valence-corrected chi connectivity index (χ4v) is 2.43. The number of anilines is 1. The fraction of sp³-hybridized carbons (Fsp3) is 0.200. The number of nitrogens with one attached hydrogen (secondary N) is 2. The van der Waals surface area contributed by atoms with Gasteiger partial charge in [0.1, 0.15) is 11.5 Å². The summed E-state index contributed by atoms with van der Waals surface area (Å²) in [7, 11) is 1.51. The second-order valence-electron chi connectivity index (χ2n) is 5.28. The minimum atomic E-state index is -0.553. The van der Waals surface area contributed by atoms with Gasteiger partial charge in [-0.25, -0.2) is 10.2 Å². The molecular weight excluding hydrogens is 328 g/mol. The molecule has 0 bridgehead atoms. The van der Waals surface area contributed by atoms with Crippen LogP contribution in [0.4, 0.5) is 5.95 Å². The first kappa shape index (κ1) is 16.3. The first-order valence-electron chi connectivity index (χ1n) is 7.43. The number of aromatic amines is 1. The largest absolute Gasteiger partial charge is 0.508 e. The smallest absolute Gasteiger partial charge is 0.329 e. The Morgan fingerprint density at radius 1 is 1.36 bits per heavy atom. The third-order valence-electron chi connectivity index (χ3n) is 3.71. The standard InChI is InChI=1S/C15H16N6O4/c1-3-21-11-12(20(2)15(25)18-13(11)24)17-14(21)19-16-7-8-4-5-9(22)6-10(8)23/h4-7,22-23H,3H2,1-2H3,(H,17,19)(H,18,24,25)/b16-7+. The second kappa shape index (κ2) is 6.15. The van der Waals surface area contributed by atoms with Crippen LogP contribution >= 0.6 is 0 Å². The molecule has 0 unspecified atom stereocenters. The van der Waals surface area contributed by atoms with Gasteiger partial charge in [-0.05, 0) is 19.1 Å². The Morgan fingerprint density at radius 3 is 2.80 bits per heavy atom. The molecule has 4 N–H and O–H groups in total. The summed E-state index contributed by atoms with van der Waals surface area (Å²) in [5.74, 6) is 0.0858. The Labute approximate surface area is 140 Å². The van der Waals surface area contributed by atoms with E-state index in [1.165, 1.54) is 36.0 Å². The maximum absolute atomic E-state index is 12.1. The van der Waals surface area contributed by atoms with Gasteiger partial charge in [0.15, 0.2) is 11.2 Å². The lowest BCUT2D eigenvalue weighted by atomic mass is 10.2. The van der Waals surface area contributed by atoms with Crippen LogP contribution in [0.15, 0.2) is 32.9 Å². The van der Waals surface area contributed by atoms with Crippen LogP contribution in [-0.2, 0) is 13.6 Å². The summed E-state index contributed by atoms with van der Waals surface area (Å²) in [6.07, 6.45) is 1.34. The van der Waals surface area contributed by atoms with Gasteiger partial charge in [0.25, 0.3) is 5.56 Å². The van der Waals surface area contributed by atoms with Crippen LogP contribution in [-0.4, -0.2) is 35.5 Å². The van der Waals surface area contributed by atoms with Gasteiger partial charge in [-0.15, -0.1) is 0 Å². The summed E-state index contributed by atoms with van der Waals surface area (Å²) in [5.41, 5.74) is 2.50. The predicted octanol–water partition coefficient (Wildman–Crippen LogP) is 0.300. The van der Waals surface area contributed by atoms with E-state index in [4.69, 9.17) is 0 Å². The molecule has 10 heteroatoms. The molecule has 0 atom stereocenters. The summed E-state index contributed by atoms with van der Waals surface area (Å²) in [4.78, 5) is 30.2. The molecule has 0 aliphatic carbocycles. The average molecular weight is 344 g/mol. The van der Waals surface area contributed by atoms with Gasteiger partial charge in [-0.1, -0.05) is 0 Å². The number of aromatic hydroxyl groups is 2. The molecule has 0 saturated carbocycles. The van der Waals surface area contributed by atoms with Crippen molar-refractivity contribution in [2.75, 3.05) is 5.43 Å². The van der Waals surface area contributed by atoms with Crippen molar-refractivity contribution >= 4 is 23.3 Å². The van der Waals surface area contributed by atoms with Gasteiger partial charge >= 0.3 is 5.69 Å². The zero-order chi connectivity index (χ0) is 18.1. The highest BCUT2D eigenvalue weighted by molar-refractivity contribution is 5.84. The molecular formula is C15H16N6O4. The zero-order valence-corrected chi connectivity index (χ0v) is 13.5. The zero-order valence-electron chi connectivity index (χ0n) is 13.5. The Balaban J connectivity index is 2.00. The van der Waals surface area contributed by atoms with E-state index in [9.17, 15) is 19.8 Å². The lowest BCUT2D eigenvalue weighted by molar-refractivity contribution is 0.450. The molecule has 2 aromatic heterocycles. The summed E-state index contributed by atoms with van der Waals surface area (Å²) in [6, 6.07) is 4.10. The van der Waals surface area contributed by atoms with E-state index >= 15 is 0 Å². The number of imidazole rings is 1. The maximum Gasteiger partial charge on any atom is 0.329 e. The van der Waals surface area contributed by atoms with Crippen molar-refractivity contribution in [3.05, 3.63) is 44.6 Å². The van der Waals surface area contributed by atoms with E-state index in [1.54, 1.807) is 4.57 Å². The topological polar surface area (TPSA) is 138 Å². The number of phenols is 2. The molecule has 0 spiro atoms. The molecule has 0 aliphatic rings. The van der Waals surface area contributed by atoms with Crippen LogP contribution in [0.2, 0.25) is 0 Å². The van der Waals surface area contributed by atoms with Crippen LogP contribution in [0.1, 0.15) is 12.5 Å². The quantitative estimate of drug-likeness (QED) is 0.397. The summed E-state index contributed by atoms with van der Waals surface area (Å²) in [6.45, 7) is 2.26. The summed E-state index contributed by atoms with van der Waals surface area (Å²) < 4.78 is 2.82. The summed E-state index contributed by atoms with van der Waals surface area (Å²) >= 11 is 0. The van der Waals surface area contributed by atoms with Crippen molar-refractivity contribution in [2.24, 2.45) is 12.1 Å². The molecule has 3 rings (SSSR count). The molecule has 0 saturated heterocycles. The molecule has 25 heavy (non-hydrogen) atoms. The number of hydrogen-bond acceptors (Lipinski definition) is 7. The number of nitrogens with zero attached hydrogens (tertiary/aromatic N) is 4. The lowest BCUT2D eigenvalue weighted by Crippen LogP contribution is -2.29. The van der Waals surface area contributed by atoms with E-state index in [1.807, 2.05) is 6.92 Å². The Bertz CT molecular complexity index is 1090. The van der Waals surface area contributed by atoms with E-state index in [0.29, 0.717) is 12.1 Å². The Morgan fingerprint density at radius 2 is 2.12 bits per heavy atom. The van der Waals surface area contributed by atoms with Crippen LogP contribution in [0.5, 0.6) is 11.5 Å². The lowest BCUT2D eigenvalue weighted by Gasteiger charge is -2.04. The number of hydrazone groups is 1. The third kappa shape index (κ3) is 2.84. The molecule has 0 amide bonds. The monoisotopic (exact) mass is 344 g/mol. The second-order valence-corrected chi connectivity index (χ2v) is 5.28. The van der Waals surface area contributed by atoms with Crippen LogP contribution in [0.25, 0.3) is 11.2 Å². The molecule has 0 aliphatic heterocycles. The minimum Gasteiger partial charge on any atom is -0.508 e. The Hall–Kier alpha value is -3.56. The number of rotatable bonds is 4. The number of benzene rings is 1. The van der Waals surface area contributed by atoms with E-state index in [-0.39, 0.29) is 28.6 Å². The highest BCUT2D eigenvalue weighted by Crippen LogP contribution is 2.21. The van der Waals surface area contributed by atoms with Gasteiger partial charge in [0.05, 0.1) is 6.21 Å². The molecule has 10 nitrogen and oxygen atoms in total. The first-order valence-corrected chi connectivity index (χ1v) is 7.43. The van der Waals surface area contributed by atoms with Gasteiger partial charge in [-0.3, -0.25) is 14.3 Å². The molecule has 130 valence electrons. The fourth-order valence-electron chi connectivity index (χ4n) is 2.43. The van der Waals surface area contributed by atoms with Crippen molar-refractivity contribution in [3.8, 4) is 11.5 Å². The molecule has 0 radical (unpaired) electrons. The summed E-state index contributed by atoms with van der Waals surface area (Å²) in [5, 5.41) is 23.0. The van der Waals surface area contributed by atoms with Gasteiger partial charge in [0.2, 0.25) is 5.95 Å². The SMILES string of the molecule is CCn1c(N/N=C/c2ccc(O)cc2O)nc2c1c(=O)[nH]c(=O)n2C. The van der Waals surface area contributed by atoms with E-state index in [2.05, 4.69) is 20.5 Å². The van der Waals surface area contributed by atoms with Gasteiger partial charge < -0.3 is 14.8 Å². The van der Waals surface area contributed by atoms with Gasteiger partial charge in [-0.2, -0.15) is 10.1 Å². The van der Waals surface area contributed by atoms with Crippen LogP contribution in [0, 0.1) is 0 Å². The predicted molar refractivity (Wildman–Crippen MR) is 92.3 cm³/mol. The Kier molecular flexibility index (Phi) is 4.01. The highest BCUT2D eigenvalue weighted by Gasteiger charge is 2.15. The molecule has 3 aromatic rings. The van der Waals surface area contributed by atoms with Crippen LogP contribution < -0.4 is 16.7 Å². The van der Waals surface area contributed by atoms with Crippen molar-refractivity contribution in [1.82, 2.24) is 19.1 Å². The first-order chi connectivity index (χ1) is 11.9. The molecule has 2 heterocycles. The van der Waals surface area contributed by atoms with Crippen molar-refractivity contribution in [2.45, 2.75) is 13.5 Å². The molecule has 1 aromatic carbocycles. The van der Waals surface area contributed by atoms with Crippen molar-refractivity contribution < 1.29 is 10.2 Å². The van der Waals surface area contributed by atoms with E-state index < -0.39 is 11.2 Å². The van der Waals surface area contributed by atoms with E-state index in [0.717, 1.165) is 0 Å². The average Bonchev–Trinajstić information content (AvgIpc) is 2.94. The number of aromatic nitrogens is 4. The minimum absolute atomic E-state index is 0.0597. The maximum atomic E-state index is 12.1. The van der Waals surface area contributed by atoms with Gasteiger partial charge in [0, 0.05) is 25.2 Å². The number of H-pyrrole nitrogens is 1. The normalized spacial score (nSPS) is 11.4. The third-order valence-corrected chi connectivity index (χ3v) is 3.71. The highest BCUT2D eigenvalue weighted by atomic mass is 16.3.